The molecule has 0 spiro atoms. The summed E-state index contributed by atoms with van der Waals surface area (Å²) in [5, 5.41) is 27.5. The Balaban J connectivity index is 1.23. The van der Waals surface area contributed by atoms with Crippen LogP contribution in [0.1, 0.15) is 68.8 Å². The van der Waals surface area contributed by atoms with Crippen LogP contribution < -0.4 is 20.1 Å². The predicted octanol–water partition coefficient (Wildman–Crippen LogP) is 4.40. The number of hydrogen-bond donors (Lipinski definition) is 4. The lowest BCUT2D eigenvalue weighted by Crippen LogP contribution is -2.61. The smallest absolute Gasteiger partial charge is 0.411 e. The summed E-state index contributed by atoms with van der Waals surface area (Å²) >= 11 is 0. The largest absolute Gasteiger partial charge is 0.462 e. The molecule has 2 fully saturated rings. The van der Waals surface area contributed by atoms with Gasteiger partial charge in [-0.1, -0.05) is 26.0 Å². The molecule has 6 unspecified atom stereocenters. The Kier molecular flexibility index (Phi) is 9.36. The zero-order valence-electron chi connectivity index (χ0n) is 25.5. The molecule has 4 N–H and O–H groups in total. The zero-order chi connectivity index (χ0) is 31.5. The van der Waals surface area contributed by atoms with E-state index in [1.807, 2.05) is 25.1 Å². The molecule has 238 valence electrons. The van der Waals surface area contributed by atoms with Gasteiger partial charge in [0, 0.05) is 24.1 Å². The molecular formula is C33H42N2O9. The van der Waals surface area contributed by atoms with Crippen LogP contribution in [0, 0.1) is 22.7 Å². The van der Waals surface area contributed by atoms with Crippen LogP contribution in [-0.4, -0.2) is 60.4 Å². The number of amides is 2. The zero-order valence-corrected chi connectivity index (χ0v) is 25.5. The van der Waals surface area contributed by atoms with E-state index in [4.69, 9.17) is 18.9 Å². The van der Waals surface area contributed by atoms with Gasteiger partial charge in [0.1, 0.15) is 6.10 Å². The van der Waals surface area contributed by atoms with Gasteiger partial charge in [-0.3, -0.25) is 10.1 Å². The van der Waals surface area contributed by atoms with Crippen LogP contribution in [0.25, 0.3) is 0 Å². The highest BCUT2D eigenvalue weighted by atomic mass is 16.7. The Bertz CT molecular complexity index is 1380. The van der Waals surface area contributed by atoms with Crippen LogP contribution in [0.15, 0.2) is 42.5 Å². The molecule has 2 aromatic carbocycles. The fraction of sp³-hybridized carbons (Fsp3) is 0.545. The molecule has 1 heterocycles. The predicted molar refractivity (Wildman–Crippen MR) is 160 cm³/mol. The molecule has 5 rings (SSSR count). The van der Waals surface area contributed by atoms with Crippen LogP contribution >= 0.6 is 0 Å². The second-order valence-electron chi connectivity index (χ2n) is 12.5. The maximum absolute atomic E-state index is 13.2. The fourth-order valence-corrected chi connectivity index (χ4v) is 7.52. The van der Waals surface area contributed by atoms with Crippen molar-refractivity contribution in [1.82, 2.24) is 5.32 Å². The molecule has 1 aliphatic heterocycles. The van der Waals surface area contributed by atoms with Crippen LogP contribution in [-0.2, 0) is 20.8 Å². The summed E-state index contributed by atoms with van der Waals surface area (Å²) in [6.45, 7) is 6.24. The number of esters is 1. The lowest BCUT2D eigenvalue weighted by molar-refractivity contribution is -0.185. The minimum atomic E-state index is -0.793. The van der Waals surface area contributed by atoms with Crippen LogP contribution in [0.4, 0.5) is 10.5 Å². The number of carbonyl (C=O) groups is 3. The van der Waals surface area contributed by atoms with Gasteiger partial charge >= 0.3 is 12.1 Å². The van der Waals surface area contributed by atoms with Crippen molar-refractivity contribution in [2.75, 3.05) is 25.3 Å². The normalized spacial score (nSPS) is 28.8. The molecule has 2 aromatic rings. The van der Waals surface area contributed by atoms with Crippen molar-refractivity contribution in [1.29, 1.82) is 0 Å². The molecule has 2 saturated carbocycles. The number of nitrogens with one attached hydrogen (secondary N) is 2. The molecular weight excluding hydrogens is 568 g/mol. The maximum atomic E-state index is 13.2. The van der Waals surface area contributed by atoms with E-state index in [0.29, 0.717) is 55.0 Å². The summed E-state index contributed by atoms with van der Waals surface area (Å²) < 4.78 is 21.7. The number of ether oxygens (including phenoxy) is 4. The van der Waals surface area contributed by atoms with Gasteiger partial charge in [0.15, 0.2) is 11.5 Å². The SMILES string of the molecule is CCOC(=O)c1cccc(NC(=O)OC2CCC3(C)C(CC(=O)NCc4ccc5c(c4)OCO5)C(O)CCC3C2(C)CO)c1. The van der Waals surface area contributed by atoms with Gasteiger partial charge in [0.05, 0.1) is 24.9 Å². The molecule has 2 amide bonds. The van der Waals surface area contributed by atoms with Crippen molar-refractivity contribution in [3.05, 3.63) is 53.6 Å². The van der Waals surface area contributed by atoms with Crippen LogP contribution in [0.5, 0.6) is 11.5 Å². The molecule has 3 aliphatic rings. The number of benzene rings is 2. The van der Waals surface area contributed by atoms with Gasteiger partial charge in [-0.25, -0.2) is 9.59 Å². The van der Waals surface area contributed by atoms with E-state index in [1.165, 1.54) is 6.07 Å². The van der Waals surface area contributed by atoms with Crippen molar-refractivity contribution >= 4 is 23.7 Å². The van der Waals surface area contributed by atoms with Gasteiger partial charge < -0.3 is 34.5 Å². The molecule has 2 aliphatic carbocycles. The summed E-state index contributed by atoms with van der Waals surface area (Å²) in [5.74, 6) is 0.243. The Hall–Kier alpha value is -3.83. The highest BCUT2D eigenvalue weighted by Gasteiger charge is 2.60. The molecule has 0 bridgehead atoms. The average molecular weight is 611 g/mol. The molecule has 11 heteroatoms. The Morgan fingerprint density at radius 2 is 1.84 bits per heavy atom. The van der Waals surface area contributed by atoms with Crippen molar-refractivity contribution in [2.45, 2.75) is 71.6 Å². The minimum Gasteiger partial charge on any atom is -0.462 e. The summed E-state index contributed by atoms with van der Waals surface area (Å²) in [7, 11) is 0. The highest BCUT2D eigenvalue weighted by Crippen LogP contribution is 2.61. The number of anilines is 1. The molecule has 0 saturated heterocycles. The first-order valence-corrected chi connectivity index (χ1v) is 15.3. The van der Waals surface area contributed by atoms with Crippen molar-refractivity contribution in [3.63, 3.8) is 0 Å². The van der Waals surface area contributed by atoms with E-state index < -0.39 is 35.1 Å². The minimum absolute atomic E-state index is 0.103. The second-order valence-corrected chi connectivity index (χ2v) is 12.5. The van der Waals surface area contributed by atoms with Gasteiger partial charge in [0.25, 0.3) is 0 Å². The van der Waals surface area contributed by atoms with Gasteiger partial charge in [-0.05, 0) is 85.8 Å². The summed E-state index contributed by atoms with van der Waals surface area (Å²) in [6, 6.07) is 12.0. The van der Waals surface area contributed by atoms with Gasteiger partial charge in [0.2, 0.25) is 12.7 Å². The van der Waals surface area contributed by atoms with E-state index >= 15 is 0 Å². The van der Waals surface area contributed by atoms with Gasteiger partial charge in [-0.15, -0.1) is 0 Å². The number of fused-ring (bicyclic) bond motifs is 2. The third-order valence-corrected chi connectivity index (χ3v) is 9.88. The average Bonchev–Trinajstić information content (AvgIpc) is 3.48. The second kappa shape index (κ2) is 13.0. The summed E-state index contributed by atoms with van der Waals surface area (Å²) in [4.78, 5) is 38.3. The van der Waals surface area contributed by atoms with Crippen LogP contribution in [0.2, 0.25) is 0 Å². The van der Waals surface area contributed by atoms with Crippen molar-refractivity contribution < 1.29 is 43.5 Å². The summed E-state index contributed by atoms with van der Waals surface area (Å²) in [6.07, 6.45) is 0.390. The lowest BCUT2D eigenvalue weighted by Gasteiger charge is -2.60. The monoisotopic (exact) mass is 610 g/mol. The molecule has 44 heavy (non-hydrogen) atoms. The number of aliphatic hydroxyl groups excluding tert-OH is 2. The molecule has 0 radical (unpaired) electrons. The van der Waals surface area contributed by atoms with E-state index in [2.05, 4.69) is 17.6 Å². The number of aliphatic hydroxyl groups is 2. The maximum Gasteiger partial charge on any atom is 0.411 e. The number of hydrogen-bond acceptors (Lipinski definition) is 9. The first kappa shape index (κ1) is 31.6. The Morgan fingerprint density at radius 3 is 2.61 bits per heavy atom. The van der Waals surface area contributed by atoms with E-state index in [0.717, 1.165) is 5.56 Å². The number of rotatable bonds is 9. The summed E-state index contributed by atoms with van der Waals surface area (Å²) in [5.41, 5.74) is 0.324. The third-order valence-electron chi connectivity index (χ3n) is 9.88. The quantitative estimate of drug-likeness (QED) is 0.303. The molecule has 11 nitrogen and oxygen atoms in total. The first-order chi connectivity index (χ1) is 21.1. The third kappa shape index (κ3) is 6.34. The lowest BCUT2D eigenvalue weighted by atomic mass is 9.46. The van der Waals surface area contributed by atoms with Gasteiger partial charge in [-0.2, -0.15) is 0 Å². The van der Waals surface area contributed by atoms with E-state index in [9.17, 15) is 24.6 Å². The van der Waals surface area contributed by atoms with E-state index in [1.54, 1.807) is 25.1 Å². The van der Waals surface area contributed by atoms with Crippen molar-refractivity contribution in [2.24, 2.45) is 22.7 Å². The Labute approximate surface area is 257 Å². The van der Waals surface area contributed by atoms with Crippen LogP contribution in [0.3, 0.4) is 0 Å². The van der Waals surface area contributed by atoms with E-state index in [-0.39, 0.29) is 44.2 Å². The topological polar surface area (TPSA) is 153 Å². The molecule has 6 atom stereocenters. The first-order valence-electron chi connectivity index (χ1n) is 15.3. The number of carbonyl (C=O) groups excluding carboxylic acids is 3. The standard InChI is InChI=1S/C33H42N2O9/c1-4-41-30(39)21-6-5-7-22(15-21)35-31(40)44-28-12-13-32(2)23(24(37)9-11-27(32)33(28,3)18-36)16-29(38)34-17-20-8-10-25-26(14-20)43-19-42-25/h5-8,10,14-15,23-24,27-28,36-37H,4,9,11-13,16-19H2,1-3H3,(H,34,38)(H,35,40). The Morgan fingerprint density at radius 1 is 1.05 bits per heavy atom. The fourth-order valence-electron chi connectivity index (χ4n) is 7.52. The van der Waals surface area contributed by atoms with Crippen molar-refractivity contribution in [3.8, 4) is 11.5 Å². The highest BCUT2D eigenvalue weighted by molar-refractivity contribution is 5.92. The molecule has 0 aromatic heterocycles.